The summed E-state index contributed by atoms with van der Waals surface area (Å²) in [7, 11) is 0. The average molecular weight is 223 g/mol. The zero-order valence-electron chi connectivity index (χ0n) is 10.9. The molecule has 3 nitrogen and oxygen atoms in total. The second-order valence-electron chi connectivity index (χ2n) is 5.53. The molecular weight excluding hydrogens is 198 g/mol. The van der Waals surface area contributed by atoms with E-state index >= 15 is 0 Å². The molecule has 0 aliphatic carbocycles. The summed E-state index contributed by atoms with van der Waals surface area (Å²) in [6.07, 6.45) is 4.48. The van der Waals surface area contributed by atoms with Crippen molar-refractivity contribution in [1.29, 1.82) is 5.26 Å². The van der Waals surface area contributed by atoms with E-state index in [0.29, 0.717) is 6.04 Å². The van der Waals surface area contributed by atoms with E-state index in [0.717, 1.165) is 25.3 Å². The van der Waals surface area contributed by atoms with Gasteiger partial charge in [-0.1, -0.05) is 6.92 Å². The highest BCUT2D eigenvalue weighted by Gasteiger charge is 2.25. The summed E-state index contributed by atoms with van der Waals surface area (Å²) in [5, 5.41) is 8.84. The first-order valence-electron chi connectivity index (χ1n) is 6.40. The van der Waals surface area contributed by atoms with Crippen molar-refractivity contribution in [1.82, 2.24) is 4.90 Å². The van der Waals surface area contributed by atoms with Crippen LogP contribution in [0, 0.1) is 17.2 Å². The van der Waals surface area contributed by atoms with Gasteiger partial charge in [-0.15, -0.1) is 0 Å². The predicted molar refractivity (Wildman–Crippen MR) is 66.9 cm³/mol. The molecule has 0 radical (unpaired) electrons. The van der Waals surface area contributed by atoms with Gasteiger partial charge in [0, 0.05) is 6.04 Å². The highest BCUT2D eigenvalue weighted by atomic mass is 15.2. The maximum absolute atomic E-state index is 8.84. The number of likely N-dealkylation sites (tertiary alicyclic amines) is 1. The van der Waals surface area contributed by atoms with Crippen LogP contribution >= 0.6 is 0 Å². The monoisotopic (exact) mass is 223 g/mol. The molecule has 3 heteroatoms. The Kier molecular flexibility index (Phi) is 4.76. The Balaban J connectivity index is 2.30. The molecule has 1 aliphatic rings. The SMILES string of the molecule is CC1CCCN(CCCC(C)(N)C#N)C1C. The standard InChI is InChI=1S/C13H25N3/c1-11-6-4-8-16(12(11)2)9-5-7-13(3,15)10-14/h11-12H,4-9,15H2,1-3H3. The molecule has 0 aromatic carbocycles. The van der Waals surface area contributed by atoms with E-state index in [9.17, 15) is 0 Å². The summed E-state index contributed by atoms with van der Waals surface area (Å²) >= 11 is 0. The summed E-state index contributed by atoms with van der Waals surface area (Å²) in [6, 6.07) is 2.84. The van der Waals surface area contributed by atoms with Crippen molar-refractivity contribution in [3.05, 3.63) is 0 Å². The Bertz CT molecular complexity index is 254. The lowest BCUT2D eigenvalue weighted by molar-refractivity contribution is 0.110. The van der Waals surface area contributed by atoms with Gasteiger partial charge in [0.05, 0.1) is 6.07 Å². The first-order valence-corrected chi connectivity index (χ1v) is 6.40. The molecule has 0 saturated carbocycles. The van der Waals surface area contributed by atoms with Gasteiger partial charge in [0.25, 0.3) is 0 Å². The molecule has 0 amide bonds. The van der Waals surface area contributed by atoms with E-state index in [4.69, 9.17) is 11.0 Å². The maximum Gasteiger partial charge on any atom is 0.101 e. The Morgan fingerprint density at radius 2 is 2.19 bits per heavy atom. The summed E-state index contributed by atoms with van der Waals surface area (Å²) in [5.74, 6) is 0.800. The molecule has 0 aromatic rings. The maximum atomic E-state index is 8.84. The van der Waals surface area contributed by atoms with Gasteiger partial charge in [0.1, 0.15) is 5.54 Å². The Morgan fingerprint density at radius 1 is 1.50 bits per heavy atom. The number of nitriles is 1. The van der Waals surface area contributed by atoms with E-state index < -0.39 is 5.54 Å². The lowest BCUT2D eigenvalue weighted by atomic mass is 9.91. The molecule has 3 atom stereocenters. The van der Waals surface area contributed by atoms with Crippen molar-refractivity contribution < 1.29 is 0 Å². The van der Waals surface area contributed by atoms with E-state index in [1.807, 2.05) is 6.92 Å². The van der Waals surface area contributed by atoms with Crippen LogP contribution in [0.3, 0.4) is 0 Å². The van der Waals surface area contributed by atoms with Crippen LogP contribution in [0.15, 0.2) is 0 Å². The zero-order valence-corrected chi connectivity index (χ0v) is 10.9. The first-order chi connectivity index (χ1) is 7.46. The number of hydrogen-bond acceptors (Lipinski definition) is 3. The van der Waals surface area contributed by atoms with Crippen molar-refractivity contribution in [2.24, 2.45) is 11.7 Å². The molecule has 92 valence electrons. The van der Waals surface area contributed by atoms with E-state index in [1.54, 1.807) is 0 Å². The lowest BCUT2D eigenvalue weighted by Gasteiger charge is -2.38. The first kappa shape index (κ1) is 13.5. The van der Waals surface area contributed by atoms with Crippen LogP contribution < -0.4 is 5.73 Å². The largest absolute Gasteiger partial charge is 0.314 e. The molecule has 1 heterocycles. The lowest BCUT2D eigenvalue weighted by Crippen LogP contribution is -2.43. The molecule has 3 unspecified atom stereocenters. The van der Waals surface area contributed by atoms with Crippen LogP contribution in [0.5, 0.6) is 0 Å². The third-order valence-corrected chi connectivity index (χ3v) is 3.90. The van der Waals surface area contributed by atoms with Crippen LogP contribution in [-0.4, -0.2) is 29.6 Å². The van der Waals surface area contributed by atoms with E-state index in [2.05, 4.69) is 24.8 Å². The second-order valence-corrected chi connectivity index (χ2v) is 5.53. The fraction of sp³-hybridized carbons (Fsp3) is 0.923. The summed E-state index contributed by atoms with van der Waals surface area (Å²) in [4.78, 5) is 2.54. The van der Waals surface area contributed by atoms with Crippen molar-refractivity contribution in [3.63, 3.8) is 0 Å². The van der Waals surface area contributed by atoms with Gasteiger partial charge in [-0.25, -0.2) is 0 Å². The third kappa shape index (κ3) is 3.77. The molecule has 1 fully saturated rings. The van der Waals surface area contributed by atoms with Crippen LogP contribution in [0.4, 0.5) is 0 Å². The van der Waals surface area contributed by atoms with Crippen molar-refractivity contribution in [2.75, 3.05) is 13.1 Å². The third-order valence-electron chi connectivity index (χ3n) is 3.90. The fourth-order valence-corrected chi connectivity index (χ4v) is 2.44. The summed E-state index contributed by atoms with van der Waals surface area (Å²) in [6.45, 7) is 8.75. The van der Waals surface area contributed by atoms with Crippen LogP contribution in [0.25, 0.3) is 0 Å². The van der Waals surface area contributed by atoms with Crippen LogP contribution in [-0.2, 0) is 0 Å². The van der Waals surface area contributed by atoms with Crippen LogP contribution in [0.2, 0.25) is 0 Å². The molecule has 16 heavy (non-hydrogen) atoms. The molecule has 2 N–H and O–H groups in total. The minimum absolute atomic E-state index is 0.648. The molecule has 1 rings (SSSR count). The van der Waals surface area contributed by atoms with Crippen molar-refractivity contribution >= 4 is 0 Å². The predicted octanol–water partition coefficient (Wildman–Crippen LogP) is 2.13. The highest BCUT2D eigenvalue weighted by molar-refractivity contribution is 5.00. The highest BCUT2D eigenvalue weighted by Crippen LogP contribution is 2.23. The molecule has 1 aliphatic heterocycles. The smallest absolute Gasteiger partial charge is 0.101 e. The minimum atomic E-state index is -0.648. The number of nitrogens with two attached hydrogens (primary N) is 1. The van der Waals surface area contributed by atoms with Gasteiger partial charge in [0.15, 0.2) is 0 Å². The molecule has 1 saturated heterocycles. The van der Waals surface area contributed by atoms with E-state index in [1.165, 1.54) is 19.4 Å². The average Bonchev–Trinajstić information content (AvgIpc) is 2.24. The molecule has 0 bridgehead atoms. The summed E-state index contributed by atoms with van der Waals surface area (Å²) < 4.78 is 0. The van der Waals surface area contributed by atoms with Crippen molar-refractivity contribution in [3.8, 4) is 6.07 Å². The van der Waals surface area contributed by atoms with E-state index in [-0.39, 0.29) is 0 Å². The van der Waals surface area contributed by atoms with Gasteiger partial charge in [-0.2, -0.15) is 5.26 Å². The Hall–Kier alpha value is -0.590. The van der Waals surface area contributed by atoms with Gasteiger partial charge >= 0.3 is 0 Å². The zero-order chi connectivity index (χ0) is 12.2. The van der Waals surface area contributed by atoms with Gasteiger partial charge in [-0.05, 0) is 58.5 Å². The number of piperidine rings is 1. The summed E-state index contributed by atoms with van der Waals surface area (Å²) in [5.41, 5.74) is 5.17. The Morgan fingerprint density at radius 3 is 2.81 bits per heavy atom. The molecule has 0 spiro atoms. The van der Waals surface area contributed by atoms with Gasteiger partial charge < -0.3 is 10.6 Å². The van der Waals surface area contributed by atoms with Gasteiger partial charge in [0.2, 0.25) is 0 Å². The second kappa shape index (κ2) is 5.65. The number of rotatable bonds is 4. The topological polar surface area (TPSA) is 53.0 Å². The minimum Gasteiger partial charge on any atom is -0.314 e. The number of nitrogens with zero attached hydrogens (tertiary/aromatic N) is 2. The number of hydrogen-bond donors (Lipinski definition) is 1. The van der Waals surface area contributed by atoms with Crippen molar-refractivity contribution in [2.45, 2.75) is 58.0 Å². The van der Waals surface area contributed by atoms with Crippen LogP contribution in [0.1, 0.15) is 46.5 Å². The van der Waals surface area contributed by atoms with Gasteiger partial charge in [-0.3, -0.25) is 0 Å². The molecular formula is C13H25N3. The fourth-order valence-electron chi connectivity index (χ4n) is 2.44. The quantitative estimate of drug-likeness (QED) is 0.794. The normalized spacial score (nSPS) is 30.7. The molecule has 0 aromatic heterocycles. The Labute approximate surface area is 99.6 Å².